The van der Waals surface area contributed by atoms with Crippen LogP contribution in [-0.2, 0) is 6.54 Å². The number of rotatable bonds is 4. The molecular formula is C16H18BrFN4. The summed E-state index contributed by atoms with van der Waals surface area (Å²) in [6.07, 6.45) is 3.86. The van der Waals surface area contributed by atoms with Gasteiger partial charge in [-0.2, -0.15) is 5.10 Å². The maximum Gasteiger partial charge on any atom is 0.151 e. The van der Waals surface area contributed by atoms with Gasteiger partial charge >= 0.3 is 0 Å². The Balaban J connectivity index is 1.60. The van der Waals surface area contributed by atoms with Gasteiger partial charge in [-0.05, 0) is 43.2 Å². The molecule has 6 heteroatoms. The van der Waals surface area contributed by atoms with E-state index in [0.717, 1.165) is 36.2 Å². The van der Waals surface area contributed by atoms with E-state index in [1.54, 1.807) is 12.3 Å². The van der Waals surface area contributed by atoms with Gasteiger partial charge in [0.25, 0.3) is 0 Å². The average molecular weight is 365 g/mol. The molecule has 1 aromatic heterocycles. The van der Waals surface area contributed by atoms with E-state index in [-0.39, 0.29) is 5.82 Å². The van der Waals surface area contributed by atoms with Crippen LogP contribution in [0.5, 0.6) is 0 Å². The molecule has 0 amide bonds. The normalized spacial score (nSPS) is 18.5. The zero-order valence-electron chi connectivity index (χ0n) is 12.2. The lowest BCUT2D eigenvalue weighted by molar-refractivity contribution is 0.415. The number of benzene rings is 1. The lowest BCUT2D eigenvalue weighted by Gasteiger charge is -2.33. The Morgan fingerprint density at radius 1 is 1.36 bits per heavy atom. The fourth-order valence-electron chi connectivity index (χ4n) is 2.75. The number of nitrogens with one attached hydrogen (secondary N) is 1. The molecule has 1 unspecified atom stereocenters. The summed E-state index contributed by atoms with van der Waals surface area (Å²) in [5, 5.41) is 11.6. The molecule has 1 atom stereocenters. The lowest BCUT2D eigenvalue weighted by atomic mass is 10.1. The fraction of sp³-hybridized carbons (Fsp3) is 0.375. The van der Waals surface area contributed by atoms with Crippen LogP contribution < -0.4 is 10.2 Å². The molecule has 0 radical (unpaired) electrons. The standard InChI is InChI=1S/C16H18BrFN4/c17-13-5-6-15(18)12(9-13)10-19-14-3-2-8-22(11-14)16-4-1-7-20-21-16/h1,4-7,9,14,19H,2-3,8,10-11H2. The van der Waals surface area contributed by atoms with Crippen LogP contribution in [0.25, 0.3) is 0 Å². The smallest absolute Gasteiger partial charge is 0.151 e. The largest absolute Gasteiger partial charge is 0.354 e. The lowest BCUT2D eigenvalue weighted by Crippen LogP contribution is -2.45. The minimum Gasteiger partial charge on any atom is -0.354 e. The Morgan fingerprint density at radius 3 is 3.09 bits per heavy atom. The van der Waals surface area contributed by atoms with E-state index in [2.05, 4.69) is 36.3 Å². The number of halogens is 2. The summed E-state index contributed by atoms with van der Waals surface area (Å²) in [4.78, 5) is 2.23. The number of nitrogens with zero attached hydrogens (tertiary/aromatic N) is 3. The first kappa shape index (κ1) is 15.4. The molecule has 1 fully saturated rings. The van der Waals surface area contributed by atoms with E-state index in [1.165, 1.54) is 6.07 Å². The summed E-state index contributed by atoms with van der Waals surface area (Å²) in [6.45, 7) is 2.39. The topological polar surface area (TPSA) is 41.0 Å². The van der Waals surface area contributed by atoms with Crippen molar-refractivity contribution in [1.29, 1.82) is 0 Å². The van der Waals surface area contributed by atoms with Crippen molar-refractivity contribution in [2.24, 2.45) is 0 Å². The minimum absolute atomic E-state index is 0.169. The molecule has 2 aromatic rings. The molecule has 2 heterocycles. The maximum absolute atomic E-state index is 13.8. The van der Waals surface area contributed by atoms with Gasteiger partial charge in [0, 0.05) is 41.9 Å². The van der Waals surface area contributed by atoms with Crippen molar-refractivity contribution in [2.75, 3.05) is 18.0 Å². The molecule has 4 nitrogen and oxygen atoms in total. The van der Waals surface area contributed by atoms with Gasteiger partial charge in [0.05, 0.1) is 0 Å². The van der Waals surface area contributed by atoms with Gasteiger partial charge in [0.15, 0.2) is 5.82 Å². The predicted molar refractivity (Wildman–Crippen MR) is 88.2 cm³/mol. The maximum atomic E-state index is 13.8. The number of aromatic nitrogens is 2. The Kier molecular flexibility index (Phi) is 5.00. The van der Waals surface area contributed by atoms with Crippen LogP contribution in [0.1, 0.15) is 18.4 Å². The van der Waals surface area contributed by atoms with E-state index >= 15 is 0 Å². The molecule has 1 saturated heterocycles. The highest BCUT2D eigenvalue weighted by Crippen LogP contribution is 2.19. The van der Waals surface area contributed by atoms with Crippen molar-refractivity contribution >= 4 is 21.7 Å². The molecule has 0 aliphatic carbocycles. The van der Waals surface area contributed by atoms with Crippen LogP contribution in [0.2, 0.25) is 0 Å². The van der Waals surface area contributed by atoms with Gasteiger partial charge in [0.2, 0.25) is 0 Å². The van der Waals surface area contributed by atoms with Crippen LogP contribution >= 0.6 is 15.9 Å². The number of piperidine rings is 1. The Labute approximate surface area is 137 Å². The second-order valence-corrected chi connectivity index (χ2v) is 6.40. The van der Waals surface area contributed by atoms with Crippen molar-refractivity contribution in [1.82, 2.24) is 15.5 Å². The van der Waals surface area contributed by atoms with Gasteiger partial charge < -0.3 is 10.2 Å². The van der Waals surface area contributed by atoms with Crippen molar-refractivity contribution in [2.45, 2.75) is 25.4 Å². The molecule has 116 valence electrons. The first-order valence-corrected chi connectivity index (χ1v) is 8.21. The van der Waals surface area contributed by atoms with Gasteiger partial charge in [-0.1, -0.05) is 15.9 Å². The van der Waals surface area contributed by atoms with E-state index in [9.17, 15) is 4.39 Å². The molecule has 3 rings (SSSR count). The molecule has 1 aliphatic rings. The number of hydrogen-bond donors (Lipinski definition) is 1. The predicted octanol–water partition coefficient (Wildman–Crippen LogP) is 3.14. The summed E-state index contributed by atoms with van der Waals surface area (Å²) in [7, 11) is 0. The number of hydrogen-bond acceptors (Lipinski definition) is 4. The Morgan fingerprint density at radius 2 is 2.27 bits per heavy atom. The zero-order valence-corrected chi connectivity index (χ0v) is 13.8. The zero-order chi connectivity index (χ0) is 15.4. The molecule has 1 aromatic carbocycles. The van der Waals surface area contributed by atoms with Crippen LogP contribution in [0.4, 0.5) is 10.2 Å². The summed E-state index contributed by atoms with van der Waals surface area (Å²) in [5.41, 5.74) is 0.686. The van der Waals surface area contributed by atoms with Crippen molar-refractivity contribution in [3.05, 3.63) is 52.4 Å². The van der Waals surface area contributed by atoms with E-state index in [1.807, 2.05) is 18.2 Å². The van der Waals surface area contributed by atoms with Gasteiger partial charge in [-0.25, -0.2) is 4.39 Å². The van der Waals surface area contributed by atoms with Crippen LogP contribution in [0.3, 0.4) is 0 Å². The molecule has 0 bridgehead atoms. The van der Waals surface area contributed by atoms with Crippen LogP contribution in [-0.4, -0.2) is 29.3 Å². The summed E-state index contributed by atoms with van der Waals surface area (Å²) < 4.78 is 14.7. The van der Waals surface area contributed by atoms with Gasteiger partial charge in [0.1, 0.15) is 5.82 Å². The van der Waals surface area contributed by atoms with Crippen molar-refractivity contribution < 1.29 is 4.39 Å². The SMILES string of the molecule is Fc1ccc(Br)cc1CNC1CCCN(c2cccnn2)C1. The minimum atomic E-state index is -0.169. The third kappa shape index (κ3) is 3.81. The highest BCUT2D eigenvalue weighted by molar-refractivity contribution is 9.10. The number of anilines is 1. The fourth-order valence-corrected chi connectivity index (χ4v) is 3.16. The highest BCUT2D eigenvalue weighted by Gasteiger charge is 2.20. The van der Waals surface area contributed by atoms with E-state index in [0.29, 0.717) is 18.2 Å². The summed E-state index contributed by atoms with van der Waals surface area (Å²) >= 11 is 3.38. The van der Waals surface area contributed by atoms with Crippen molar-refractivity contribution in [3.8, 4) is 0 Å². The van der Waals surface area contributed by atoms with Crippen molar-refractivity contribution in [3.63, 3.8) is 0 Å². The molecule has 1 N–H and O–H groups in total. The highest BCUT2D eigenvalue weighted by atomic mass is 79.9. The second kappa shape index (κ2) is 7.15. The average Bonchev–Trinajstić information content (AvgIpc) is 2.57. The van der Waals surface area contributed by atoms with Crippen LogP contribution in [0.15, 0.2) is 41.0 Å². The Bertz CT molecular complexity index is 623. The summed E-state index contributed by atoms with van der Waals surface area (Å²) in [5.74, 6) is 0.736. The Hall–Kier alpha value is -1.53. The molecule has 0 saturated carbocycles. The summed E-state index contributed by atoms with van der Waals surface area (Å²) in [6, 6.07) is 9.24. The monoisotopic (exact) mass is 364 g/mol. The molecule has 22 heavy (non-hydrogen) atoms. The molecular weight excluding hydrogens is 347 g/mol. The van der Waals surface area contributed by atoms with E-state index < -0.39 is 0 Å². The first-order valence-electron chi connectivity index (χ1n) is 7.42. The quantitative estimate of drug-likeness (QED) is 0.904. The van der Waals surface area contributed by atoms with E-state index in [4.69, 9.17) is 0 Å². The van der Waals surface area contributed by atoms with Gasteiger partial charge in [-0.3, -0.25) is 0 Å². The second-order valence-electron chi connectivity index (χ2n) is 5.48. The van der Waals surface area contributed by atoms with Gasteiger partial charge in [-0.15, -0.1) is 5.10 Å². The third-order valence-corrected chi connectivity index (χ3v) is 4.39. The third-order valence-electron chi connectivity index (χ3n) is 3.89. The van der Waals surface area contributed by atoms with Crippen LogP contribution in [0, 0.1) is 5.82 Å². The first-order chi connectivity index (χ1) is 10.7. The molecule has 1 aliphatic heterocycles. The molecule has 0 spiro atoms.